The Morgan fingerprint density at radius 1 is 1.14 bits per heavy atom. The average Bonchev–Trinajstić information content (AvgIpc) is 3.04. The number of aromatic nitrogens is 2. The van der Waals surface area contributed by atoms with Gasteiger partial charge in [0.15, 0.2) is 0 Å². The number of nitrogens with zero attached hydrogens (tertiary/aromatic N) is 2. The molecular formula is C16H11ClN2O3. The minimum absolute atomic E-state index is 0.325. The summed E-state index contributed by atoms with van der Waals surface area (Å²) in [5, 5.41) is 4.56. The summed E-state index contributed by atoms with van der Waals surface area (Å²) in [6, 6.07) is 14.0. The molecule has 0 aliphatic heterocycles. The van der Waals surface area contributed by atoms with Crippen molar-refractivity contribution < 1.29 is 14.1 Å². The van der Waals surface area contributed by atoms with Gasteiger partial charge in [0.1, 0.15) is 0 Å². The molecule has 1 aromatic heterocycles. The molecule has 3 aromatic rings. The Morgan fingerprint density at radius 2 is 1.86 bits per heavy atom. The molecule has 0 amide bonds. The summed E-state index contributed by atoms with van der Waals surface area (Å²) in [4.78, 5) is 16.1. The van der Waals surface area contributed by atoms with Crippen LogP contribution in [0.4, 0.5) is 0 Å². The average molecular weight is 315 g/mol. The Kier molecular flexibility index (Phi) is 3.89. The van der Waals surface area contributed by atoms with Crippen LogP contribution in [0.3, 0.4) is 0 Å². The number of carbonyl (C=O) groups is 1. The number of esters is 1. The first-order chi connectivity index (χ1) is 10.7. The Morgan fingerprint density at radius 3 is 2.59 bits per heavy atom. The van der Waals surface area contributed by atoms with E-state index in [4.69, 9.17) is 20.9 Å². The number of ether oxygens (including phenoxy) is 1. The van der Waals surface area contributed by atoms with Gasteiger partial charge in [0.25, 0.3) is 5.89 Å². The lowest BCUT2D eigenvalue weighted by atomic mass is 10.1. The number of hydrogen-bond acceptors (Lipinski definition) is 5. The predicted octanol–water partition coefficient (Wildman–Crippen LogP) is 3.84. The minimum atomic E-state index is -0.451. The Hall–Kier alpha value is -2.66. The van der Waals surface area contributed by atoms with Crippen LogP contribution in [0.2, 0.25) is 5.02 Å². The van der Waals surface area contributed by atoms with E-state index in [9.17, 15) is 4.79 Å². The monoisotopic (exact) mass is 314 g/mol. The van der Waals surface area contributed by atoms with Crippen LogP contribution in [0.1, 0.15) is 10.4 Å². The standard InChI is InChI=1S/C16H11ClN2O3/c1-21-16(20)13-5-3-2-4-12(13)14-18-15(22-19-14)10-6-8-11(17)9-7-10/h2-9H,1H3. The van der Waals surface area contributed by atoms with Gasteiger partial charge < -0.3 is 9.26 Å². The van der Waals surface area contributed by atoms with E-state index in [-0.39, 0.29) is 0 Å². The fourth-order valence-electron chi connectivity index (χ4n) is 2.01. The molecule has 0 radical (unpaired) electrons. The van der Waals surface area contributed by atoms with Crippen LogP contribution < -0.4 is 0 Å². The number of rotatable bonds is 3. The number of benzene rings is 2. The third-order valence-electron chi connectivity index (χ3n) is 3.09. The summed E-state index contributed by atoms with van der Waals surface area (Å²) in [6.45, 7) is 0. The lowest BCUT2D eigenvalue weighted by Crippen LogP contribution is -2.03. The van der Waals surface area contributed by atoms with E-state index in [0.29, 0.717) is 27.9 Å². The van der Waals surface area contributed by atoms with E-state index in [1.54, 1.807) is 48.5 Å². The molecule has 5 nitrogen and oxygen atoms in total. The molecule has 0 atom stereocenters. The molecule has 3 rings (SSSR count). The third kappa shape index (κ3) is 2.71. The van der Waals surface area contributed by atoms with Crippen LogP contribution in [0.15, 0.2) is 53.1 Å². The van der Waals surface area contributed by atoms with Crippen molar-refractivity contribution in [3.63, 3.8) is 0 Å². The van der Waals surface area contributed by atoms with Crippen molar-refractivity contribution in [1.82, 2.24) is 10.1 Å². The molecular weight excluding hydrogens is 304 g/mol. The normalized spacial score (nSPS) is 10.5. The zero-order valence-corrected chi connectivity index (χ0v) is 12.4. The molecule has 0 bridgehead atoms. The van der Waals surface area contributed by atoms with Gasteiger partial charge >= 0.3 is 5.97 Å². The molecule has 110 valence electrons. The second kappa shape index (κ2) is 5.99. The molecule has 0 unspecified atom stereocenters. The molecule has 0 saturated heterocycles. The van der Waals surface area contributed by atoms with E-state index >= 15 is 0 Å². The van der Waals surface area contributed by atoms with Crippen molar-refractivity contribution in [3.05, 3.63) is 59.1 Å². The van der Waals surface area contributed by atoms with Crippen LogP contribution in [-0.2, 0) is 4.74 Å². The summed E-state index contributed by atoms with van der Waals surface area (Å²) in [5.74, 6) is 0.228. The summed E-state index contributed by atoms with van der Waals surface area (Å²) < 4.78 is 10.0. The van der Waals surface area contributed by atoms with Gasteiger partial charge in [-0.3, -0.25) is 0 Å². The summed E-state index contributed by atoms with van der Waals surface area (Å²) in [7, 11) is 1.33. The van der Waals surface area contributed by atoms with E-state index in [0.717, 1.165) is 5.56 Å². The second-order valence-electron chi connectivity index (χ2n) is 4.47. The topological polar surface area (TPSA) is 65.2 Å². The Bertz CT molecular complexity index is 812. The molecule has 6 heteroatoms. The maximum absolute atomic E-state index is 11.8. The second-order valence-corrected chi connectivity index (χ2v) is 4.90. The van der Waals surface area contributed by atoms with E-state index in [2.05, 4.69) is 10.1 Å². The maximum Gasteiger partial charge on any atom is 0.338 e. The van der Waals surface area contributed by atoms with Crippen LogP contribution >= 0.6 is 11.6 Å². The number of methoxy groups -OCH3 is 1. The summed E-state index contributed by atoms with van der Waals surface area (Å²) in [6.07, 6.45) is 0. The van der Waals surface area contributed by atoms with Gasteiger partial charge in [0.05, 0.1) is 12.7 Å². The van der Waals surface area contributed by atoms with Gasteiger partial charge in [0, 0.05) is 16.1 Å². The molecule has 0 N–H and O–H groups in total. The van der Waals surface area contributed by atoms with Crippen molar-refractivity contribution in [2.24, 2.45) is 0 Å². The molecule has 2 aromatic carbocycles. The fourth-order valence-corrected chi connectivity index (χ4v) is 2.13. The minimum Gasteiger partial charge on any atom is -0.465 e. The first kappa shape index (κ1) is 14.3. The van der Waals surface area contributed by atoms with E-state index in [1.807, 2.05) is 0 Å². The Labute approximate surface area is 131 Å². The quantitative estimate of drug-likeness (QED) is 0.687. The smallest absolute Gasteiger partial charge is 0.338 e. The fraction of sp³-hybridized carbons (Fsp3) is 0.0625. The van der Waals surface area contributed by atoms with Gasteiger partial charge in [-0.2, -0.15) is 4.98 Å². The number of halogens is 1. The number of carbonyl (C=O) groups excluding carboxylic acids is 1. The van der Waals surface area contributed by atoms with Crippen LogP contribution in [-0.4, -0.2) is 23.2 Å². The first-order valence-electron chi connectivity index (χ1n) is 6.46. The zero-order chi connectivity index (χ0) is 15.5. The van der Waals surface area contributed by atoms with Gasteiger partial charge in [-0.05, 0) is 30.3 Å². The van der Waals surface area contributed by atoms with Gasteiger partial charge in [-0.1, -0.05) is 35.0 Å². The highest BCUT2D eigenvalue weighted by Crippen LogP contribution is 2.25. The summed E-state index contributed by atoms with van der Waals surface area (Å²) in [5.41, 5.74) is 1.69. The molecule has 0 aliphatic rings. The van der Waals surface area contributed by atoms with Gasteiger partial charge in [0.2, 0.25) is 5.82 Å². The highest BCUT2D eigenvalue weighted by Gasteiger charge is 2.17. The molecule has 0 aliphatic carbocycles. The van der Waals surface area contributed by atoms with Crippen molar-refractivity contribution in [2.45, 2.75) is 0 Å². The van der Waals surface area contributed by atoms with Crippen LogP contribution in [0.25, 0.3) is 22.8 Å². The SMILES string of the molecule is COC(=O)c1ccccc1-c1noc(-c2ccc(Cl)cc2)n1. The lowest BCUT2D eigenvalue weighted by molar-refractivity contribution is 0.0601. The largest absolute Gasteiger partial charge is 0.465 e. The van der Waals surface area contributed by atoms with Gasteiger partial charge in [-0.15, -0.1) is 0 Å². The molecule has 0 fully saturated rings. The van der Waals surface area contributed by atoms with E-state index in [1.165, 1.54) is 7.11 Å². The summed E-state index contributed by atoms with van der Waals surface area (Å²) >= 11 is 5.85. The van der Waals surface area contributed by atoms with Crippen LogP contribution in [0.5, 0.6) is 0 Å². The zero-order valence-electron chi connectivity index (χ0n) is 11.6. The third-order valence-corrected chi connectivity index (χ3v) is 3.34. The van der Waals surface area contributed by atoms with E-state index < -0.39 is 5.97 Å². The predicted molar refractivity (Wildman–Crippen MR) is 81.5 cm³/mol. The first-order valence-corrected chi connectivity index (χ1v) is 6.84. The molecule has 22 heavy (non-hydrogen) atoms. The highest BCUT2D eigenvalue weighted by molar-refractivity contribution is 6.30. The van der Waals surface area contributed by atoms with Gasteiger partial charge in [-0.25, -0.2) is 4.79 Å². The Balaban J connectivity index is 2.01. The highest BCUT2D eigenvalue weighted by atomic mass is 35.5. The maximum atomic E-state index is 11.8. The lowest BCUT2D eigenvalue weighted by Gasteiger charge is -2.03. The van der Waals surface area contributed by atoms with Crippen molar-refractivity contribution >= 4 is 17.6 Å². The molecule has 0 spiro atoms. The van der Waals surface area contributed by atoms with Crippen molar-refractivity contribution in [3.8, 4) is 22.8 Å². The molecule has 1 heterocycles. The molecule has 0 saturated carbocycles. The van der Waals surface area contributed by atoms with Crippen molar-refractivity contribution in [1.29, 1.82) is 0 Å². The van der Waals surface area contributed by atoms with Crippen LogP contribution in [0, 0.1) is 0 Å². The van der Waals surface area contributed by atoms with Crippen molar-refractivity contribution in [2.75, 3.05) is 7.11 Å². The number of hydrogen-bond donors (Lipinski definition) is 0.